The Bertz CT molecular complexity index is 932. The highest BCUT2D eigenvalue weighted by molar-refractivity contribution is 7.09. The molecule has 3 aromatic rings. The first kappa shape index (κ1) is 19.6. The molecule has 1 amide bonds. The van der Waals surface area contributed by atoms with Crippen LogP contribution in [-0.4, -0.2) is 46.9 Å². The Kier molecular flexibility index (Phi) is 6.22. The second kappa shape index (κ2) is 9.20. The summed E-state index contributed by atoms with van der Waals surface area (Å²) >= 11 is 1.69. The van der Waals surface area contributed by atoms with Crippen LogP contribution in [0.3, 0.4) is 0 Å². The molecule has 0 bridgehead atoms. The summed E-state index contributed by atoms with van der Waals surface area (Å²) in [5.41, 5.74) is 2.96. The van der Waals surface area contributed by atoms with Gasteiger partial charge in [0.1, 0.15) is 12.4 Å². The number of carbonyl (C=O) groups is 1. The molecule has 0 radical (unpaired) electrons. The molecule has 1 aliphatic heterocycles. The van der Waals surface area contributed by atoms with E-state index >= 15 is 0 Å². The molecule has 29 heavy (non-hydrogen) atoms. The Morgan fingerprint density at radius 2 is 1.76 bits per heavy atom. The molecule has 0 N–H and O–H groups in total. The number of hydrogen-bond donors (Lipinski definition) is 0. The van der Waals surface area contributed by atoms with Crippen molar-refractivity contribution in [3.63, 3.8) is 0 Å². The molecule has 0 saturated carbocycles. The zero-order chi connectivity index (χ0) is 20.1. The van der Waals surface area contributed by atoms with Gasteiger partial charge in [0.05, 0.1) is 10.7 Å². The highest BCUT2D eigenvalue weighted by atomic mass is 32.1. The van der Waals surface area contributed by atoms with Gasteiger partial charge in [-0.15, -0.1) is 11.3 Å². The first-order chi connectivity index (χ1) is 14.2. The molecule has 4 rings (SSSR count). The largest absolute Gasteiger partial charge is 0.489 e. The van der Waals surface area contributed by atoms with Crippen molar-refractivity contribution in [2.45, 2.75) is 20.1 Å². The van der Waals surface area contributed by atoms with Crippen LogP contribution in [0.25, 0.3) is 0 Å². The number of thiazole rings is 1. The molecule has 1 aromatic heterocycles. The number of nitrogens with zero attached hydrogens (tertiary/aromatic N) is 3. The quantitative estimate of drug-likeness (QED) is 0.620. The van der Waals surface area contributed by atoms with Gasteiger partial charge in [-0.3, -0.25) is 9.69 Å². The van der Waals surface area contributed by atoms with Gasteiger partial charge in [0, 0.05) is 43.7 Å². The standard InChI is InChI=1S/C23H25N3O2S/c1-18-24-21(17-29-18)15-25-11-13-26(14-12-25)23(27)20-7-9-22(10-8-20)28-16-19-5-3-2-4-6-19/h2-10,17H,11-16H2,1H3. The number of aromatic nitrogens is 1. The second-order valence-corrected chi connectivity index (χ2v) is 8.29. The zero-order valence-electron chi connectivity index (χ0n) is 16.6. The van der Waals surface area contributed by atoms with Crippen molar-refractivity contribution in [3.05, 3.63) is 81.8 Å². The summed E-state index contributed by atoms with van der Waals surface area (Å²) in [4.78, 5) is 21.6. The average Bonchev–Trinajstić information content (AvgIpc) is 3.18. The van der Waals surface area contributed by atoms with Gasteiger partial charge < -0.3 is 9.64 Å². The van der Waals surface area contributed by atoms with Crippen LogP contribution in [-0.2, 0) is 13.2 Å². The van der Waals surface area contributed by atoms with E-state index in [-0.39, 0.29) is 5.91 Å². The molecular formula is C23H25N3O2S. The van der Waals surface area contributed by atoms with Crippen molar-refractivity contribution in [1.29, 1.82) is 0 Å². The molecule has 0 aliphatic carbocycles. The SMILES string of the molecule is Cc1nc(CN2CCN(C(=O)c3ccc(OCc4ccccc4)cc3)CC2)cs1. The van der Waals surface area contributed by atoms with Crippen LogP contribution in [0.5, 0.6) is 5.75 Å². The van der Waals surface area contributed by atoms with E-state index in [4.69, 9.17) is 4.74 Å². The lowest BCUT2D eigenvalue weighted by atomic mass is 10.1. The third-order valence-electron chi connectivity index (χ3n) is 5.06. The second-order valence-electron chi connectivity index (χ2n) is 7.22. The van der Waals surface area contributed by atoms with E-state index in [9.17, 15) is 4.79 Å². The van der Waals surface area contributed by atoms with E-state index < -0.39 is 0 Å². The van der Waals surface area contributed by atoms with Crippen LogP contribution < -0.4 is 4.74 Å². The summed E-state index contributed by atoms with van der Waals surface area (Å²) in [6, 6.07) is 17.5. The molecule has 0 atom stereocenters. The van der Waals surface area contributed by atoms with Crippen molar-refractivity contribution in [2.75, 3.05) is 26.2 Å². The Labute approximate surface area is 175 Å². The average molecular weight is 408 g/mol. The van der Waals surface area contributed by atoms with E-state index in [1.54, 1.807) is 11.3 Å². The third-order valence-corrected chi connectivity index (χ3v) is 5.88. The van der Waals surface area contributed by atoms with Crippen LogP contribution in [0.4, 0.5) is 0 Å². The Morgan fingerprint density at radius 1 is 1.03 bits per heavy atom. The molecular weight excluding hydrogens is 382 g/mol. The van der Waals surface area contributed by atoms with E-state index in [0.717, 1.165) is 54.7 Å². The van der Waals surface area contributed by atoms with E-state index in [1.807, 2.05) is 66.4 Å². The summed E-state index contributed by atoms with van der Waals surface area (Å²) in [6.07, 6.45) is 0. The Morgan fingerprint density at radius 3 is 2.41 bits per heavy atom. The van der Waals surface area contributed by atoms with Crippen molar-refractivity contribution in [2.24, 2.45) is 0 Å². The molecule has 0 unspecified atom stereocenters. The fourth-order valence-corrected chi connectivity index (χ4v) is 4.04. The predicted octanol–water partition coefficient (Wildman–Crippen LogP) is 3.99. The number of carbonyl (C=O) groups excluding carboxylic acids is 1. The summed E-state index contributed by atoms with van der Waals surface area (Å²) in [5.74, 6) is 0.859. The first-order valence-electron chi connectivity index (χ1n) is 9.87. The minimum atomic E-state index is 0.0868. The van der Waals surface area contributed by atoms with Gasteiger partial charge in [0.25, 0.3) is 5.91 Å². The van der Waals surface area contributed by atoms with Crippen LogP contribution in [0, 0.1) is 6.92 Å². The van der Waals surface area contributed by atoms with Gasteiger partial charge >= 0.3 is 0 Å². The first-order valence-corrected chi connectivity index (χ1v) is 10.7. The molecule has 6 heteroatoms. The van der Waals surface area contributed by atoms with E-state index in [2.05, 4.69) is 15.3 Å². The van der Waals surface area contributed by atoms with Crippen LogP contribution in [0.1, 0.15) is 26.6 Å². The molecule has 1 fully saturated rings. The summed E-state index contributed by atoms with van der Waals surface area (Å²) < 4.78 is 5.81. The van der Waals surface area contributed by atoms with E-state index in [0.29, 0.717) is 12.2 Å². The molecule has 0 spiro atoms. The van der Waals surface area contributed by atoms with Gasteiger partial charge in [-0.25, -0.2) is 4.98 Å². The number of rotatable bonds is 6. The van der Waals surface area contributed by atoms with Crippen molar-refractivity contribution in [1.82, 2.24) is 14.8 Å². The maximum Gasteiger partial charge on any atom is 0.253 e. The maximum atomic E-state index is 12.8. The Hall–Kier alpha value is -2.70. The third kappa shape index (κ3) is 5.22. The molecule has 1 aliphatic rings. The molecule has 2 aromatic carbocycles. The van der Waals surface area contributed by atoms with Crippen LogP contribution in [0.15, 0.2) is 60.0 Å². The fraction of sp³-hybridized carbons (Fsp3) is 0.304. The van der Waals surface area contributed by atoms with E-state index in [1.165, 1.54) is 0 Å². The highest BCUT2D eigenvalue weighted by Gasteiger charge is 2.22. The molecule has 1 saturated heterocycles. The lowest BCUT2D eigenvalue weighted by Gasteiger charge is -2.34. The smallest absolute Gasteiger partial charge is 0.253 e. The van der Waals surface area contributed by atoms with Crippen molar-refractivity contribution < 1.29 is 9.53 Å². The van der Waals surface area contributed by atoms with Gasteiger partial charge in [-0.05, 0) is 36.8 Å². The van der Waals surface area contributed by atoms with Gasteiger partial charge in [-0.1, -0.05) is 30.3 Å². The number of hydrogen-bond acceptors (Lipinski definition) is 5. The van der Waals surface area contributed by atoms with Crippen molar-refractivity contribution in [3.8, 4) is 5.75 Å². The molecule has 2 heterocycles. The lowest BCUT2D eigenvalue weighted by molar-refractivity contribution is 0.0627. The minimum Gasteiger partial charge on any atom is -0.489 e. The van der Waals surface area contributed by atoms with Gasteiger partial charge in [0.15, 0.2) is 0 Å². The predicted molar refractivity (Wildman–Crippen MR) is 115 cm³/mol. The fourth-order valence-electron chi connectivity index (χ4n) is 3.44. The zero-order valence-corrected chi connectivity index (χ0v) is 17.4. The lowest BCUT2D eigenvalue weighted by Crippen LogP contribution is -2.48. The molecule has 150 valence electrons. The number of amides is 1. The summed E-state index contributed by atoms with van der Waals surface area (Å²) in [5, 5.41) is 3.22. The van der Waals surface area contributed by atoms with Crippen LogP contribution in [0.2, 0.25) is 0 Å². The molecule has 5 nitrogen and oxygen atoms in total. The van der Waals surface area contributed by atoms with Crippen LogP contribution >= 0.6 is 11.3 Å². The Balaban J connectivity index is 1.27. The number of aryl methyl sites for hydroxylation is 1. The highest BCUT2D eigenvalue weighted by Crippen LogP contribution is 2.17. The van der Waals surface area contributed by atoms with Crippen molar-refractivity contribution >= 4 is 17.2 Å². The topological polar surface area (TPSA) is 45.7 Å². The maximum absolute atomic E-state index is 12.8. The number of piperazine rings is 1. The summed E-state index contributed by atoms with van der Waals surface area (Å²) in [7, 11) is 0. The van der Waals surface area contributed by atoms with Gasteiger partial charge in [0.2, 0.25) is 0 Å². The summed E-state index contributed by atoms with van der Waals surface area (Å²) in [6.45, 7) is 6.65. The number of benzene rings is 2. The number of ether oxygens (including phenoxy) is 1. The van der Waals surface area contributed by atoms with Gasteiger partial charge in [-0.2, -0.15) is 0 Å². The minimum absolute atomic E-state index is 0.0868. The normalized spacial score (nSPS) is 14.7. The monoisotopic (exact) mass is 407 g/mol.